The number of aryl methyl sites for hydroxylation is 1. The Bertz CT molecular complexity index is 742. The summed E-state index contributed by atoms with van der Waals surface area (Å²) < 4.78 is 5.42. The summed E-state index contributed by atoms with van der Waals surface area (Å²) in [5.74, 6) is 0.526. The lowest BCUT2D eigenvalue weighted by atomic mass is 9.89. The van der Waals surface area contributed by atoms with Gasteiger partial charge in [-0.25, -0.2) is 4.79 Å². The zero-order chi connectivity index (χ0) is 18.7. The summed E-state index contributed by atoms with van der Waals surface area (Å²) in [5, 5.41) is 0. The molecule has 2 fully saturated rings. The number of piperidine rings is 1. The molecule has 0 aromatic carbocycles. The van der Waals surface area contributed by atoms with E-state index in [2.05, 4.69) is 21.8 Å². The van der Waals surface area contributed by atoms with E-state index in [1.165, 1.54) is 0 Å². The van der Waals surface area contributed by atoms with Crippen molar-refractivity contribution in [1.29, 1.82) is 0 Å². The monoisotopic (exact) mass is 364 g/mol. The van der Waals surface area contributed by atoms with Gasteiger partial charge in [-0.2, -0.15) is 0 Å². The molecule has 1 atom stereocenters. The van der Waals surface area contributed by atoms with Crippen LogP contribution in [-0.2, 0) is 16.0 Å². The van der Waals surface area contributed by atoms with Gasteiger partial charge in [0.1, 0.15) is 0 Å². The highest BCUT2D eigenvalue weighted by Gasteiger charge is 2.30. The highest BCUT2D eigenvalue weighted by molar-refractivity contribution is 5.79. The van der Waals surface area contributed by atoms with Gasteiger partial charge in [-0.15, -0.1) is 0 Å². The Morgan fingerprint density at radius 2 is 1.81 bits per heavy atom. The number of morpholine rings is 1. The lowest BCUT2D eigenvalue weighted by Crippen LogP contribution is -2.49. The maximum atomic E-state index is 12.6. The van der Waals surface area contributed by atoms with E-state index >= 15 is 0 Å². The van der Waals surface area contributed by atoms with Gasteiger partial charge in [0, 0.05) is 43.5 Å². The number of likely N-dealkylation sites (tertiary alicyclic amines) is 1. The molecule has 1 aromatic rings. The minimum absolute atomic E-state index is 0.0294. The van der Waals surface area contributed by atoms with E-state index in [0.29, 0.717) is 23.2 Å². The van der Waals surface area contributed by atoms with Gasteiger partial charge in [-0.3, -0.25) is 19.5 Å². The number of nitrogens with one attached hydrogen (secondary N) is 2. The molecule has 0 unspecified atom stereocenters. The number of aromatic nitrogens is 2. The molecular weight excluding hydrogens is 336 g/mol. The molecular formula is C18H28N4O4. The van der Waals surface area contributed by atoms with Crippen molar-refractivity contribution in [2.24, 2.45) is 5.92 Å². The van der Waals surface area contributed by atoms with Crippen LogP contribution in [0.3, 0.4) is 0 Å². The van der Waals surface area contributed by atoms with Crippen molar-refractivity contribution in [3.63, 3.8) is 0 Å². The van der Waals surface area contributed by atoms with Gasteiger partial charge in [0.15, 0.2) is 0 Å². The second-order valence-corrected chi connectivity index (χ2v) is 7.30. The molecule has 8 heteroatoms. The van der Waals surface area contributed by atoms with Crippen LogP contribution < -0.4 is 11.2 Å². The van der Waals surface area contributed by atoms with Crippen LogP contribution in [0.1, 0.15) is 31.0 Å². The summed E-state index contributed by atoms with van der Waals surface area (Å²) in [6.45, 7) is 8.93. The Labute approximate surface area is 152 Å². The van der Waals surface area contributed by atoms with Crippen LogP contribution in [-0.4, -0.2) is 71.1 Å². The van der Waals surface area contributed by atoms with E-state index in [1.54, 1.807) is 6.92 Å². The molecule has 2 N–H and O–H groups in total. The van der Waals surface area contributed by atoms with E-state index in [9.17, 15) is 14.4 Å². The molecule has 0 radical (unpaired) electrons. The van der Waals surface area contributed by atoms with Crippen molar-refractivity contribution < 1.29 is 9.53 Å². The largest absolute Gasteiger partial charge is 0.379 e. The van der Waals surface area contributed by atoms with Crippen LogP contribution in [0.5, 0.6) is 0 Å². The summed E-state index contributed by atoms with van der Waals surface area (Å²) in [4.78, 5) is 44.8. The van der Waals surface area contributed by atoms with Gasteiger partial charge in [0.05, 0.1) is 19.6 Å². The number of hydrogen-bond donors (Lipinski definition) is 2. The molecule has 2 saturated heterocycles. The number of hydrogen-bond acceptors (Lipinski definition) is 5. The minimum atomic E-state index is -0.540. The first-order valence-corrected chi connectivity index (χ1v) is 9.37. The first-order chi connectivity index (χ1) is 12.5. The predicted octanol–water partition coefficient (Wildman–Crippen LogP) is -0.127. The SMILES string of the molecule is Cc1[nH]c(=O)[nH]c(=O)c1CC(=O)N1CCC([C@H](C)N2CCOCC2)CC1. The number of nitrogens with zero attached hydrogens (tertiary/aromatic N) is 2. The third kappa shape index (κ3) is 4.24. The third-order valence-corrected chi connectivity index (χ3v) is 5.78. The van der Waals surface area contributed by atoms with E-state index in [0.717, 1.165) is 52.2 Å². The van der Waals surface area contributed by atoms with Crippen LogP contribution in [0.4, 0.5) is 0 Å². The fourth-order valence-corrected chi connectivity index (χ4v) is 4.02. The van der Waals surface area contributed by atoms with Crippen LogP contribution in [0, 0.1) is 12.8 Å². The maximum absolute atomic E-state index is 12.6. The fraction of sp³-hybridized carbons (Fsp3) is 0.722. The topological polar surface area (TPSA) is 98.5 Å². The molecule has 3 rings (SSSR count). The highest BCUT2D eigenvalue weighted by atomic mass is 16.5. The van der Waals surface area contributed by atoms with Crippen molar-refractivity contribution in [3.05, 3.63) is 32.1 Å². The number of carbonyl (C=O) groups excluding carboxylic acids is 1. The predicted molar refractivity (Wildman–Crippen MR) is 97.3 cm³/mol. The Kier molecular flexibility index (Phi) is 5.93. The molecule has 1 amide bonds. The van der Waals surface area contributed by atoms with Crippen molar-refractivity contribution >= 4 is 5.91 Å². The zero-order valence-corrected chi connectivity index (χ0v) is 15.5. The molecule has 1 aromatic heterocycles. The Balaban J connectivity index is 1.55. The van der Waals surface area contributed by atoms with E-state index in [4.69, 9.17) is 4.74 Å². The molecule has 26 heavy (non-hydrogen) atoms. The Morgan fingerprint density at radius 1 is 1.15 bits per heavy atom. The second kappa shape index (κ2) is 8.18. The summed E-state index contributed by atoms with van der Waals surface area (Å²) in [6.07, 6.45) is 1.98. The number of carbonyl (C=O) groups is 1. The normalized spacial score (nSPS) is 20.9. The molecule has 0 aliphatic carbocycles. The maximum Gasteiger partial charge on any atom is 0.325 e. The van der Waals surface area contributed by atoms with Crippen LogP contribution in [0.15, 0.2) is 9.59 Å². The summed E-state index contributed by atoms with van der Waals surface area (Å²) in [5.41, 5.74) is -0.210. The Hall–Kier alpha value is -1.93. The smallest absolute Gasteiger partial charge is 0.325 e. The molecule has 2 aliphatic rings. The summed E-state index contributed by atoms with van der Waals surface area (Å²) in [7, 11) is 0. The van der Waals surface area contributed by atoms with Crippen molar-refractivity contribution in [3.8, 4) is 0 Å². The van der Waals surface area contributed by atoms with Gasteiger partial charge in [0.25, 0.3) is 5.56 Å². The van der Waals surface area contributed by atoms with Gasteiger partial charge in [0.2, 0.25) is 5.91 Å². The lowest BCUT2D eigenvalue weighted by Gasteiger charge is -2.41. The first kappa shape index (κ1) is 18.8. The number of aromatic amines is 2. The van der Waals surface area contributed by atoms with Crippen molar-refractivity contribution in [2.45, 2.75) is 39.2 Å². The summed E-state index contributed by atoms with van der Waals surface area (Å²) >= 11 is 0. The summed E-state index contributed by atoms with van der Waals surface area (Å²) in [6, 6.07) is 0.500. The number of rotatable bonds is 4. The molecule has 144 valence electrons. The average Bonchev–Trinajstić information content (AvgIpc) is 2.64. The van der Waals surface area contributed by atoms with E-state index in [-0.39, 0.29) is 12.3 Å². The second-order valence-electron chi connectivity index (χ2n) is 7.30. The molecule has 0 spiro atoms. The van der Waals surface area contributed by atoms with Gasteiger partial charge in [-0.05, 0) is 32.6 Å². The molecule has 2 aliphatic heterocycles. The van der Waals surface area contributed by atoms with Crippen LogP contribution >= 0.6 is 0 Å². The molecule has 0 bridgehead atoms. The van der Waals surface area contributed by atoms with Gasteiger partial charge >= 0.3 is 5.69 Å². The van der Waals surface area contributed by atoms with E-state index in [1.807, 2.05) is 4.90 Å². The molecule has 8 nitrogen and oxygen atoms in total. The average molecular weight is 364 g/mol. The Morgan fingerprint density at radius 3 is 2.42 bits per heavy atom. The quantitative estimate of drug-likeness (QED) is 0.776. The molecule has 0 saturated carbocycles. The fourth-order valence-electron chi connectivity index (χ4n) is 4.02. The molecule has 3 heterocycles. The standard InChI is InChI=1S/C18H28N4O4/c1-12-15(17(24)20-18(25)19-12)11-16(23)22-5-3-14(4-6-22)13(2)21-7-9-26-10-8-21/h13-14H,3-11H2,1-2H3,(H2,19,20,24,25)/t13-/m0/s1. The van der Waals surface area contributed by atoms with Crippen LogP contribution in [0.2, 0.25) is 0 Å². The third-order valence-electron chi connectivity index (χ3n) is 5.78. The van der Waals surface area contributed by atoms with E-state index < -0.39 is 11.2 Å². The van der Waals surface area contributed by atoms with Gasteiger partial charge in [-0.1, -0.05) is 0 Å². The highest BCUT2D eigenvalue weighted by Crippen LogP contribution is 2.25. The van der Waals surface area contributed by atoms with Crippen molar-refractivity contribution in [1.82, 2.24) is 19.8 Å². The van der Waals surface area contributed by atoms with Crippen molar-refractivity contribution in [2.75, 3.05) is 39.4 Å². The first-order valence-electron chi connectivity index (χ1n) is 9.37. The minimum Gasteiger partial charge on any atom is -0.379 e. The number of H-pyrrole nitrogens is 2. The van der Waals surface area contributed by atoms with Gasteiger partial charge < -0.3 is 14.6 Å². The number of ether oxygens (including phenoxy) is 1. The number of amides is 1. The van der Waals surface area contributed by atoms with Crippen LogP contribution in [0.25, 0.3) is 0 Å². The zero-order valence-electron chi connectivity index (χ0n) is 15.5. The lowest BCUT2D eigenvalue weighted by molar-refractivity contribution is -0.132.